The molecule has 5 rings (SSSR count). The molecule has 2 amide bonds. The van der Waals surface area contributed by atoms with Gasteiger partial charge in [0, 0.05) is 45.0 Å². The topological polar surface area (TPSA) is 69.3 Å². The summed E-state index contributed by atoms with van der Waals surface area (Å²) in [5, 5.41) is 6.73. The Morgan fingerprint density at radius 2 is 0.896 bits per heavy atom. The highest BCUT2D eigenvalue weighted by atomic mass is 16.5. The second-order valence-corrected chi connectivity index (χ2v) is 17.8. The molecule has 0 saturated heterocycles. The zero-order chi connectivity index (χ0) is 47.6. The quantitative estimate of drug-likeness (QED) is 0.0419. The molecule has 5 aromatic carbocycles. The molecule has 364 valence electrons. The van der Waals surface area contributed by atoms with E-state index in [1.165, 1.54) is 94.0 Å². The van der Waals surface area contributed by atoms with Crippen molar-refractivity contribution in [2.75, 3.05) is 57.7 Å². The SMILES string of the molecule is CCCCN(CCCC)CCNCc1ccc(OCc2ccccc2)cc1.CCCCc1ccc(NC(=O)N(CCN(CCCC)CCCC)Cc2ccc(OCc3ccccc3)cc2)cc1. The molecule has 0 unspecified atom stereocenters. The van der Waals surface area contributed by atoms with Crippen molar-refractivity contribution in [1.82, 2.24) is 20.0 Å². The summed E-state index contributed by atoms with van der Waals surface area (Å²) in [6.45, 7) is 22.2. The number of aryl methyl sites for hydroxylation is 1. The Bertz CT molecular complexity index is 1940. The first kappa shape index (κ1) is 54.5. The summed E-state index contributed by atoms with van der Waals surface area (Å²) in [6, 6.07) is 45.3. The van der Waals surface area contributed by atoms with Crippen molar-refractivity contribution in [1.29, 1.82) is 0 Å². The van der Waals surface area contributed by atoms with Gasteiger partial charge in [0.1, 0.15) is 24.7 Å². The number of carbonyl (C=O) groups is 1. The average molecular weight is 912 g/mol. The first-order valence-electron chi connectivity index (χ1n) is 25.7. The van der Waals surface area contributed by atoms with Gasteiger partial charge in [0.05, 0.1) is 0 Å². The monoisotopic (exact) mass is 912 g/mol. The number of nitrogens with one attached hydrogen (secondary N) is 2. The Labute approximate surface area is 406 Å². The van der Waals surface area contributed by atoms with E-state index >= 15 is 0 Å². The molecule has 8 nitrogen and oxygen atoms in total. The molecule has 0 radical (unpaired) electrons. The maximum absolute atomic E-state index is 13.5. The molecule has 0 bridgehead atoms. The second-order valence-electron chi connectivity index (χ2n) is 17.8. The minimum atomic E-state index is -0.0587. The molecule has 0 aliphatic heterocycles. The van der Waals surface area contributed by atoms with E-state index in [1.54, 1.807) is 0 Å². The van der Waals surface area contributed by atoms with Crippen LogP contribution in [0.25, 0.3) is 0 Å². The highest BCUT2D eigenvalue weighted by molar-refractivity contribution is 5.89. The molecule has 0 aliphatic rings. The standard InChI is InChI=1S/C35H49N3O2.C24H36N2O/c1-4-7-13-30-16-20-33(21-17-30)36-35(39)38(27-26-37(24-8-5-2)25-9-6-3)28-31-18-22-34(23-19-31)40-29-32-14-11-10-12-15-32;1-3-5-17-26(18-6-4-2)19-16-25-20-22-12-14-24(15-13-22)27-21-23-10-8-7-9-11-23/h10-12,14-23H,4-9,13,24-29H2,1-3H3,(H,36,39);7-15,25H,3-6,16-21H2,1-2H3. The summed E-state index contributed by atoms with van der Waals surface area (Å²) in [6.07, 6.45) is 13.3. The maximum atomic E-state index is 13.5. The van der Waals surface area contributed by atoms with Crippen LogP contribution in [0.4, 0.5) is 10.5 Å². The van der Waals surface area contributed by atoms with Gasteiger partial charge in [-0.05, 0) is 129 Å². The van der Waals surface area contributed by atoms with Gasteiger partial charge in [-0.15, -0.1) is 0 Å². The number of hydrogen-bond donors (Lipinski definition) is 2. The van der Waals surface area contributed by atoms with E-state index < -0.39 is 0 Å². The van der Waals surface area contributed by atoms with Gasteiger partial charge in [0.2, 0.25) is 0 Å². The van der Waals surface area contributed by atoms with Gasteiger partial charge in [0.25, 0.3) is 0 Å². The third kappa shape index (κ3) is 23.4. The van der Waals surface area contributed by atoms with E-state index in [0.29, 0.717) is 26.3 Å². The first-order valence-corrected chi connectivity index (χ1v) is 25.7. The largest absolute Gasteiger partial charge is 0.489 e. The van der Waals surface area contributed by atoms with Crippen LogP contribution in [-0.2, 0) is 32.7 Å². The molecule has 5 aromatic rings. The molecular weight excluding hydrogens is 827 g/mol. The van der Waals surface area contributed by atoms with Crippen LogP contribution >= 0.6 is 0 Å². The zero-order valence-corrected chi connectivity index (χ0v) is 42.0. The first-order chi connectivity index (χ1) is 32.9. The van der Waals surface area contributed by atoms with Crippen LogP contribution in [0.15, 0.2) is 133 Å². The van der Waals surface area contributed by atoms with Crippen molar-refractivity contribution >= 4 is 11.7 Å². The number of amides is 2. The third-order valence-electron chi connectivity index (χ3n) is 12.0. The van der Waals surface area contributed by atoms with Gasteiger partial charge in [-0.2, -0.15) is 0 Å². The Morgan fingerprint density at radius 3 is 1.37 bits per heavy atom. The Balaban J connectivity index is 0.000000316. The van der Waals surface area contributed by atoms with Gasteiger partial charge < -0.3 is 34.8 Å². The number of nitrogens with zero attached hydrogens (tertiary/aromatic N) is 3. The molecule has 8 heteroatoms. The van der Waals surface area contributed by atoms with E-state index in [4.69, 9.17) is 9.47 Å². The van der Waals surface area contributed by atoms with Crippen molar-refractivity contribution < 1.29 is 14.3 Å². The highest BCUT2D eigenvalue weighted by Gasteiger charge is 2.17. The van der Waals surface area contributed by atoms with E-state index in [0.717, 1.165) is 74.0 Å². The molecule has 0 saturated carbocycles. The maximum Gasteiger partial charge on any atom is 0.322 e. The van der Waals surface area contributed by atoms with Crippen LogP contribution in [0.2, 0.25) is 0 Å². The van der Waals surface area contributed by atoms with E-state index in [9.17, 15) is 4.79 Å². The number of benzene rings is 5. The number of unbranched alkanes of at least 4 members (excludes halogenated alkanes) is 5. The van der Waals surface area contributed by atoms with Gasteiger partial charge in [-0.3, -0.25) is 0 Å². The summed E-state index contributed by atoms with van der Waals surface area (Å²) in [7, 11) is 0. The van der Waals surface area contributed by atoms with Crippen LogP contribution in [0, 0.1) is 0 Å². The second kappa shape index (κ2) is 34.2. The number of carbonyl (C=O) groups excluding carboxylic acids is 1. The van der Waals surface area contributed by atoms with Crippen LogP contribution < -0.4 is 20.1 Å². The van der Waals surface area contributed by atoms with Gasteiger partial charge >= 0.3 is 6.03 Å². The molecule has 0 heterocycles. The molecule has 2 N–H and O–H groups in total. The lowest BCUT2D eigenvalue weighted by Crippen LogP contribution is -2.41. The van der Waals surface area contributed by atoms with E-state index in [1.807, 2.05) is 65.6 Å². The normalized spacial score (nSPS) is 11.0. The zero-order valence-electron chi connectivity index (χ0n) is 42.0. The van der Waals surface area contributed by atoms with Gasteiger partial charge in [0.15, 0.2) is 0 Å². The smallest absolute Gasteiger partial charge is 0.322 e. The minimum Gasteiger partial charge on any atom is -0.489 e. The Hall–Kier alpha value is -5.15. The van der Waals surface area contributed by atoms with E-state index in [-0.39, 0.29) is 6.03 Å². The fraction of sp³-hybridized carbons (Fsp3) is 0.475. The number of anilines is 1. The molecule has 0 aromatic heterocycles. The Kier molecular flexibility index (Phi) is 27.8. The molecule has 0 fully saturated rings. The van der Waals surface area contributed by atoms with Crippen molar-refractivity contribution in [3.05, 3.63) is 161 Å². The van der Waals surface area contributed by atoms with Crippen molar-refractivity contribution in [2.45, 2.75) is 132 Å². The number of hydrogen-bond acceptors (Lipinski definition) is 6. The predicted octanol–water partition coefficient (Wildman–Crippen LogP) is 13.8. The van der Waals surface area contributed by atoms with Crippen molar-refractivity contribution in [3.8, 4) is 11.5 Å². The van der Waals surface area contributed by atoms with Crippen LogP contribution in [0.1, 0.15) is 127 Å². The third-order valence-corrected chi connectivity index (χ3v) is 12.0. The van der Waals surface area contributed by atoms with Crippen LogP contribution in [0.5, 0.6) is 11.5 Å². The molecular formula is C59H85N5O3. The number of urea groups is 1. The molecule has 67 heavy (non-hydrogen) atoms. The highest BCUT2D eigenvalue weighted by Crippen LogP contribution is 2.19. The predicted molar refractivity (Wildman–Crippen MR) is 283 cm³/mol. The molecule has 0 aliphatic carbocycles. The number of ether oxygens (including phenoxy) is 2. The number of rotatable bonds is 32. The van der Waals surface area contributed by atoms with Gasteiger partial charge in [-0.25, -0.2) is 4.79 Å². The molecule has 0 atom stereocenters. The molecule has 0 spiro atoms. The van der Waals surface area contributed by atoms with Crippen LogP contribution in [0.3, 0.4) is 0 Å². The van der Waals surface area contributed by atoms with Crippen molar-refractivity contribution in [3.63, 3.8) is 0 Å². The van der Waals surface area contributed by atoms with Crippen LogP contribution in [-0.4, -0.2) is 73.1 Å². The fourth-order valence-corrected chi connectivity index (χ4v) is 7.62. The van der Waals surface area contributed by atoms with E-state index in [2.05, 4.69) is 128 Å². The average Bonchev–Trinajstić information content (AvgIpc) is 3.37. The fourth-order valence-electron chi connectivity index (χ4n) is 7.62. The minimum absolute atomic E-state index is 0.0587. The lowest BCUT2D eigenvalue weighted by Gasteiger charge is -2.28. The Morgan fingerprint density at radius 1 is 0.448 bits per heavy atom. The summed E-state index contributed by atoms with van der Waals surface area (Å²) < 4.78 is 11.8. The lowest BCUT2D eigenvalue weighted by molar-refractivity contribution is 0.188. The van der Waals surface area contributed by atoms with Gasteiger partial charge in [-0.1, -0.05) is 164 Å². The summed E-state index contributed by atoms with van der Waals surface area (Å²) in [5.41, 5.74) is 6.88. The lowest BCUT2D eigenvalue weighted by atomic mass is 10.1. The summed E-state index contributed by atoms with van der Waals surface area (Å²) in [5.74, 6) is 1.75. The summed E-state index contributed by atoms with van der Waals surface area (Å²) >= 11 is 0. The van der Waals surface area contributed by atoms with Crippen molar-refractivity contribution in [2.24, 2.45) is 0 Å². The summed E-state index contributed by atoms with van der Waals surface area (Å²) in [4.78, 5) is 20.6.